The van der Waals surface area contributed by atoms with E-state index in [-0.39, 0.29) is 21.7 Å². The van der Waals surface area contributed by atoms with E-state index in [1.165, 1.54) is 36.5 Å². The number of H-pyrrole nitrogens is 2. The van der Waals surface area contributed by atoms with Crippen LogP contribution in [0.2, 0.25) is 0 Å². The first kappa shape index (κ1) is 53.4. The summed E-state index contributed by atoms with van der Waals surface area (Å²) in [6, 6.07) is 46.4. The van der Waals surface area contributed by atoms with Gasteiger partial charge in [-0.2, -0.15) is 0 Å². The van der Waals surface area contributed by atoms with Gasteiger partial charge in [-0.15, -0.1) is 0 Å². The van der Waals surface area contributed by atoms with Gasteiger partial charge in [-0.05, 0) is 149 Å². The molecular formula is C72H70N4O4. The Balaban J connectivity index is 1.37. The van der Waals surface area contributed by atoms with Crippen LogP contribution in [0.3, 0.4) is 0 Å². The molecule has 0 spiro atoms. The number of fused-ring (bicyclic) bond motifs is 10. The molecule has 0 unspecified atom stereocenters. The van der Waals surface area contributed by atoms with E-state index < -0.39 is 11.9 Å². The van der Waals surface area contributed by atoms with Crippen LogP contribution in [0.15, 0.2) is 133 Å². The monoisotopic (exact) mass is 1050 g/mol. The average Bonchev–Trinajstić information content (AvgIpc) is 4.43. The summed E-state index contributed by atoms with van der Waals surface area (Å²) in [5.41, 5.74) is 21.9. The summed E-state index contributed by atoms with van der Waals surface area (Å²) in [6.45, 7) is 27.1. The highest BCUT2D eigenvalue weighted by molar-refractivity contribution is 6.10. The normalized spacial score (nSPS) is 12.9. The maximum Gasteiger partial charge on any atom is 0.338 e. The van der Waals surface area contributed by atoms with Gasteiger partial charge >= 0.3 is 11.9 Å². The average molecular weight is 1060 g/mol. The van der Waals surface area contributed by atoms with Crippen LogP contribution < -0.4 is 0 Å². The molecule has 0 saturated heterocycles. The fourth-order valence-corrected chi connectivity index (χ4v) is 11.3. The van der Waals surface area contributed by atoms with Crippen molar-refractivity contribution in [3.8, 4) is 66.8 Å². The second-order valence-electron chi connectivity index (χ2n) is 25.5. The largest absolute Gasteiger partial charge is 0.465 e. The minimum absolute atomic E-state index is 0.175. The first-order valence-corrected chi connectivity index (χ1v) is 27.6. The van der Waals surface area contributed by atoms with Gasteiger partial charge in [0.15, 0.2) is 0 Å². The molecule has 11 rings (SSSR count). The van der Waals surface area contributed by atoms with Gasteiger partial charge in [0, 0.05) is 44.3 Å². The maximum absolute atomic E-state index is 13.8. The van der Waals surface area contributed by atoms with Crippen LogP contribution in [0.1, 0.15) is 149 Å². The van der Waals surface area contributed by atoms with Crippen molar-refractivity contribution in [2.24, 2.45) is 0 Å². The predicted molar refractivity (Wildman–Crippen MR) is 331 cm³/mol. The lowest BCUT2D eigenvalue weighted by atomic mass is 9.78. The summed E-state index contributed by atoms with van der Waals surface area (Å²) < 4.78 is 10.9. The van der Waals surface area contributed by atoms with Crippen LogP contribution in [0.4, 0.5) is 0 Å². The highest BCUT2D eigenvalue weighted by Crippen LogP contribution is 2.47. The van der Waals surface area contributed by atoms with Crippen LogP contribution in [0.5, 0.6) is 0 Å². The van der Waals surface area contributed by atoms with Crippen molar-refractivity contribution in [2.45, 2.75) is 105 Å². The van der Waals surface area contributed by atoms with Crippen LogP contribution >= 0.6 is 0 Å². The molecule has 0 fully saturated rings. The highest BCUT2D eigenvalue weighted by atomic mass is 16.5. The number of hydrogen-bond donors (Lipinski definition) is 2. The number of aromatic nitrogens is 4. The molecule has 8 nitrogen and oxygen atoms in total. The Kier molecular flexibility index (Phi) is 13.1. The molecule has 5 aromatic rings. The molecule has 402 valence electrons. The third-order valence-corrected chi connectivity index (χ3v) is 15.8. The van der Waals surface area contributed by atoms with Crippen molar-refractivity contribution in [1.29, 1.82) is 0 Å². The second kappa shape index (κ2) is 19.6. The van der Waals surface area contributed by atoms with Gasteiger partial charge in [0.1, 0.15) is 0 Å². The number of benzene rings is 2. The number of ether oxygens (including phenoxy) is 2. The zero-order chi connectivity index (χ0) is 56.8. The van der Waals surface area contributed by atoms with E-state index in [0.29, 0.717) is 11.1 Å². The Morgan fingerprint density at radius 2 is 0.637 bits per heavy atom. The fourth-order valence-electron chi connectivity index (χ4n) is 11.3. The first-order valence-electron chi connectivity index (χ1n) is 27.6. The van der Waals surface area contributed by atoms with Gasteiger partial charge < -0.3 is 19.4 Å². The van der Waals surface area contributed by atoms with Crippen molar-refractivity contribution in [1.82, 2.24) is 19.9 Å². The van der Waals surface area contributed by atoms with E-state index in [4.69, 9.17) is 19.4 Å². The van der Waals surface area contributed by atoms with Gasteiger partial charge in [-0.1, -0.05) is 180 Å². The maximum atomic E-state index is 13.8. The van der Waals surface area contributed by atoms with E-state index in [1.54, 1.807) is 0 Å². The van der Waals surface area contributed by atoms with Gasteiger partial charge in [0.25, 0.3) is 0 Å². The van der Waals surface area contributed by atoms with Gasteiger partial charge in [-0.3, -0.25) is 0 Å². The smallest absolute Gasteiger partial charge is 0.338 e. The Bertz CT molecular complexity index is 3840. The predicted octanol–water partition coefficient (Wildman–Crippen LogP) is 18.3. The summed E-state index contributed by atoms with van der Waals surface area (Å²) >= 11 is 0. The number of carbonyl (C=O) groups excluding carboxylic acids is 2. The number of rotatable bonds is 6. The third kappa shape index (κ3) is 9.65. The molecule has 2 aromatic carbocycles. The number of nitrogens with one attached hydrogen (secondary N) is 2. The van der Waals surface area contributed by atoms with Crippen molar-refractivity contribution >= 4 is 58.3 Å². The molecule has 8 heteroatoms. The molecular weight excluding hydrogens is 985 g/mol. The lowest BCUT2D eigenvalue weighted by Gasteiger charge is -2.26. The molecule has 0 radical (unpaired) electrons. The standard InChI is InChI=1S/C72H70N4O4/c1-69(2,3)43-33-41(34-44(37-43)70(4,5)6)63-55-25-29-59(73-55)65(51-39-53(67(77)79-13)49-23-19-15-17-21-47(49)51)61-31-27-57(75-61)64(42-35-45(71(7,8)9)38-46(36-42)72(10,11)12)58-28-32-62(76-58)66(60-30-26-56(63)74-60)52-40-54(68(78)80-14)50-24-20-16-18-22-48(50)52/h15-40,73,76H,1-14H3. The molecule has 6 aliphatic rings. The molecule has 5 heterocycles. The molecule has 8 bridgehead atoms. The summed E-state index contributed by atoms with van der Waals surface area (Å²) in [5.74, 6) is -0.834. The zero-order valence-electron chi connectivity index (χ0n) is 48.5. The molecule has 4 aliphatic carbocycles. The molecule has 0 atom stereocenters. The molecule has 3 aromatic heterocycles. The number of esters is 2. The molecule has 2 N–H and O–H groups in total. The van der Waals surface area contributed by atoms with Crippen molar-refractivity contribution < 1.29 is 19.1 Å². The van der Waals surface area contributed by atoms with E-state index >= 15 is 0 Å². The van der Waals surface area contributed by atoms with Crippen LogP contribution in [0.25, 0.3) is 113 Å². The van der Waals surface area contributed by atoms with E-state index in [2.05, 4.69) is 190 Å². The number of nitrogens with zero attached hydrogens (tertiary/aromatic N) is 2. The highest BCUT2D eigenvalue weighted by Gasteiger charge is 2.30. The minimum Gasteiger partial charge on any atom is -0.465 e. The van der Waals surface area contributed by atoms with Gasteiger partial charge in [0.2, 0.25) is 0 Å². The van der Waals surface area contributed by atoms with E-state index in [0.717, 1.165) is 112 Å². The first-order chi connectivity index (χ1) is 37.9. The lowest BCUT2D eigenvalue weighted by molar-refractivity contribution is 0.0593. The van der Waals surface area contributed by atoms with Crippen LogP contribution in [-0.4, -0.2) is 46.1 Å². The van der Waals surface area contributed by atoms with Gasteiger partial charge in [0.05, 0.1) is 48.1 Å². The zero-order valence-corrected chi connectivity index (χ0v) is 48.5. The summed E-state index contributed by atoms with van der Waals surface area (Å²) in [7, 11) is 2.86. The van der Waals surface area contributed by atoms with Crippen LogP contribution in [-0.2, 0) is 31.1 Å². The SMILES string of the molecule is COC(=O)c1cc(-c2c3nc(c(-c4cc(C(C)(C)C)cc(C(C)(C)C)c4)c4ccc([nH]4)c(-c4cc(C(=O)OC)c5cccccc4-5)c4nc(c(-c5cc(C(C)(C)C)cc(C(C)(C)C)c5)c5ccc2[nH]5)C=C4)C=C3)c2cccccc1-2. The molecule has 0 amide bonds. The van der Waals surface area contributed by atoms with Crippen LogP contribution in [0, 0.1) is 0 Å². The summed E-state index contributed by atoms with van der Waals surface area (Å²) in [5, 5.41) is 0. The Morgan fingerprint density at radius 1 is 0.350 bits per heavy atom. The quantitative estimate of drug-likeness (QED) is 0.161. The molecule has 80 heavy (non-hydrogen) atoms. The number of aromatic amines is 2. The number of methoxy groups -OCH3 is 2. The Labute approximate surface area is 470 Å². The fraction of sp³-hybridized carbons (Fsp3) is 0.250. The Morgan fingerprint density at radius 3 is 0.938 bits per heavy atom. The summed E-state index contributed by atoms with van der Waals surface area (Å²) in [4.78, 5) is 46.9. The van der Waals surface area contributed by atoms with E-state index in [1.807, 2.05) is 60.7 Å². The second-order valence-corrected chi connectivity index (χ2v) is 25.5. The lowest BCUT2D eigenvalue weighted by Crippen LogP contribution is -2.16. The molecule has 0 saturated carbocycles. The third-order valence-electron chi connectivity index (χ3n) is 15.8. The van der Waals surface area contributed by atoms with Crippen molar-refractivity contribution in [2.75, 3.05) is 14.2 Å². The van der Waals surface area contributed by atoms with Gasteiger partial charge in [-0.25, -0.2) is 19.6 Å². The number of carbonyl (C=O) groups is 2. The Hall–Kier alpha value is -8.62. The minimum atomic E-state index is -0.417. The molecule has 2 aliphatic heterocycles. The van der Waals surface area contributed by atoms with Crippen molar-refractivity contribution in [3.63, 3.8) is 0 Å². The van der Waals surface area contributed by atoms with Crippen molar-refractivity contribution in [3.05, 3.63) is 190 Å². The topological polar surface area (TPSA) is 110 Å². The van der Waals surface area contributed by atoms with E-state index in [9.17, 15) is 9.59 Å². The summed E-state index contributed by atoms with van der Waals surface area (Å²) in [6.07, 6.45) is 8.44. The number of hydrogen-bond acceptors (Lipinski definition) is 6.